The minimum Gasteiger partial charge on any atom is -0.310 e. The van der Waals surface area contributed by atoms with E-state index >= 15 is 0 Å². The molecule has 0 spiro atoms. The Balaban J connectivity index is 1.11. The lowest BCUT2D eigenvalue weighted by Gasteiger charge is -2.29. The zero-order valence-corrected chi connectivity index (χ0v) is 30.6. The molecule has 0 atom stereocenters. The van der Waals surface area contributed by atoms with Gasteiger partial charge < -0.3 is 9.80 Å². The number of aryl methyl sites for hydroxylation is 1. The van der Waals surface area contributed by atoms with Crippen LogP contribution < -0.4 is 15.0 Å². The summed E-state index contributed by atoms with van der Waals surface area (Å²) in [5.41, 5.74) is 13.5. The zero-order chi connectivity index (χ0) is 34.7. The Hall–Kier alpha value is -5.90. The largest absolute Gasteiger partial charge is 0.310 e. The number of benzene rings is 8. The van der Waals surface area contributed by atoms with Crippen molar-refractivity contribution in [3.63, 3.8) is 0 Å². The smallest absolute Gasteiger partial charge is 0.0775 e. The van der Waals surface area contributed by atoms with E-state index in [4.69, 9.17) is 0 Å². The third-order valence-corrected chi connectivity index (χ3v) is 12.4. The molecule has 2 nitrogen and oxygen atoms in total. The Morgan fingerprint density at radius 2 is 0.686 bits per heavy atom. The molecule has 1 aliphatic carbocycles. The van der Waals surface area contributed by atoms with Gasteiger partial charge in [0.25, 0.3) is 0 Å². The summed E-state index contributed by atoms with van der Waals surface area (Å²) in [5, 5.41) is 6.49. The normalized spacial score (nSPS) is 11.9. The van der Waals surface area contributed by atoms with E-state index in [1.807, 2.05) is 0 Å². The summed E-state index contributed by atoms with van der Waals surface area (Å²) in [6.07, 6.45) is 0. The lowest BCUT2D eigenvalue weighted by molar-refractivity contribution is 1.28. The van der Waals surface area contributed by atoms with Gasteiger partial charge in [-0.3, -0.25) is 0 Å². The van der Waals surface area contributed by atoms with E-state index in [9.17, 15) is 0 Å². The van der Waals surface area contributed by atoms with Gasteiger partial charge in [-0.05, 0) is 148 Å². The van der Waals surface area contributed by atoms with Crippen LogP contribution in [0.15, 0.2) is 170 Å². The molecule has 1 aliphatic rings. The second kappa shape index (κ2) is 12.2. The van der Waals surface area contributed by atoms with Gasteiger partial charge in [0.1, 0.15) is 0 Å². The van der Waals surface area contributed by atoms with Crippen LogP contribution in [-0.4, -0.2) is 8.07 Å². The summed E-state index contributed by atoms with van der Waals surface area (Å²) in [4.78, 5) is 4.72. The molecule has 0 aliphatic heterocycles. The quantitative estimate of drug-likeness (QED) is 0.156. The van der Waals surface area contributed by atoms with Gasteiger partial charge in [0.05, 0.1) is 8.07 Å². The average Bonchev–Trinajstić information content (AvgIpc) is 3.15. The molecule has 0 radical (unpaired) electrons. The Morgan fingerprint density at radius 3 is 1.10 bits per heavy atom. The van der Waals surface area contributed by atoms with Crippen molar-refractivity contribution in [1.29, 1.82) is 0 Å². The molecular formula is C48H40N2Si. The molecule has 0 N–H and O–H groups in total. The summed E-state index contributed by atoms with van der Waals surface area (Å²) in [6, 6.07) is 62.7. The van der Waals surface area contributed by atoms with Gasteiger partial charge >= 0.3 is 0 Å². The Labute approximate surface area is 301 Å². The fourth-order valence-corrected chi connectivity index (χ4v) is 8.70. The number of rotatable bonds is 7. The van der Waals surface area contributed by atoms with Gasteiger partial charge in [0.2, 0.25) is 0 Å². The van der Waals surface area contributed by atoms with Crippen LogP contribution in [0.4, 0.5) is 34.1 Å². The molecule has 0 amide bonds. The van der Waals surface area contributed by atoms with Crippen LogP contribution in [-0.2, 0) is 0 Å². The Bertz CT molecular complexity index is 2550. The third kappa shape index (κ3) is 5.60. The zero-order valence-electron chi connectivity index (χ0n) is 29.6. The van der Waals surface area contributed by atoms with Gasteiger partial charge in [0, 0.05) is 34.1 Å². The van der Waals surface area contributed by atoms with E-state index in [-0.39, 0.29) is 0 Å². The number of fused-ring (bicyclic) bond motifs is 6. The maximum absolute atomic E-state index is 2.40. The van der Waals surface area contributed by atoms with Crippen LogP contribution >= 0.6 is 0 Å². The standard InChI is InChI=1S/C48H40N2Si/c1-33-15-19-40(20-16-33)49(38-11-7-5-8-12-38)42-21-17-34-29-45-46-30-35-18-22-43(28-37(35)32-48(46)47(45)31-36(34)27-42)50(39-13-9-6-10-14-39)41-23-25-44(26-24-41)51(2,3)4/h5-32H,1-4H3. The number of hydrogen-bond donors (Lipinski definition) is 0. The molecule has 246 valence electrons. The van der Waals surface area contributed by atoms with Crippen molar-refractivity contribution in [1.82, 2.24) is 0 Å². The first kappa shape index (κ1) is 31.1. The lowest BCUT2D eigenvalue weighted by atomic mass is 9.78. The minimum atomic E-state index is -1.40. The maximum Gasteiger partial charge on any atom is 0.0775 e. The monoisotopic (exact) mass is 672 g/mol. The van der Waals surface area contributed by atoms with Crippen LogP contribution in [0.2, 0.25) is 19.6 Å². The van der Waals surface area contributed by atoms with Crippen LogP contribution in [0, 0.1) is 6.92 Å². The predicted molar refractivity (Wildman–Crippen MR) is 223 cm³/mol. The molecule has 51 heavy (non-hydrogen) atoms. The van der Waals surface area contributed by atoms with Crippen molar-refractivity contribution in [2.24, 2.45) is 0 Å². The fourth-order valence-electron chi connectivity index (χ4n) is 7.53. The lowest BCUT2D eigenvalue weighted by Crippen LogP contribution is -2.37. The second-order valence-electron chi connectivity index (χ2n) is 14.8. The molecule has 0 heterocycles. The number of nitrogens with zero attached hydrogens (tertiary/aromatic N) is 2. The molecule has 0 unspecified atom stereocenters. The first-order chi connectivity index (χ1) is 24.8. The highest BCUT2D eigenvalue weighted by atomic mass is 28.3. The Kier molecular flexibility index (Phi) is 7.41. The van der Waals surface area contributed by atoms with Crippen LogP contribution in [0.3, 0.4) is 0 Å². The molecule has 8 aromatic rings. The summed E-state index contributed by atoms with van der Waals surface area (Å²) >= 11 is 0. The van der Waals surface area contributed by atoms with E-state index in [1.165, 1.54) is 60.2 Å². The first-order valence-corrected chi connectivity index (χ1v) is 21.3. The molecule has 0 saturated heterocycles. The molecule has 0 saturated carbocycles. The SMILES string of the molecule is Cc1ccc(N(c2ccccc2)c2ccc3cc4c(cc3c2)-c2cc3cc(N(c5ccccc5)c5ccc([Si](C)(C)C)cc5)ccc3cc2-4)cc1. The predicted octanol–water partition coefficient (Wildman–Crippen LogP) is 13.4. The van der Waals surface area contributed by atoms with Gasteiger partial charge in [-0.15, -0.1) is 0 Å². The Morgan fingerprint density at radius 1 is 0.333 bits per heavy atom. The van der Waals surface area contributed by atoms with Gasteiger partial charge in [0.15, 0.2) is 0 Å². The highest BCUT2D eigenvalue weighted by molar-refractivity contribution is 6.88. The van der Waals surface area contributed by atoms with Crippen LogP contribution in [0.1, 0.15) is 5.56 Å². The van der Waals surface area contributed by atoms with Crippen LogP contribution in [0.5, 0.6) is 0 Å². The van der Waals surface area contributed by atoms with Crippen molar-refractivity contribution in [2.75, 3.05) is 9.80 Å². The molecule has 3 heteroatoms. The summed E-state index contributed by atoms with van der Waals surface area (Å²) < 4.78 is 0. The third-order valence-electron chi connectivity index (χ3n) is 10.3. The van der Waals surface area contributed by atoms with E-state index in [1.54, 1.807) is 0 Å². The van der Waals surface area contributed by atoms with Gasteiger partial charge in [-0.2, -0.15) is 0 Å². The summed E-state index contributed by atoms with van der Waals surface area (Å²) in [7, 11) is -1.40. The first-order valence-electron chi connectivity index (χ1n) is 17.8. The summed E-state index contributed by atoms with van der Waals surface area (Å²) in [5.74, 6) is 0. The highest BCUT2D eigenvalue weighted by Gasteiger charge is 2.25. The van der Waals surface area contributed by atoms with Crippen molar-refractivity contribution in [3.05, 3.63) is 175 Å². The second-order valence-corrected chi connectivity index (χ2v) is 19.9. The van der Waals surface area contributed by atoms with E-state index in [0.29, 0.717) is 0 Å². The van der Waals surface area contributed by atoms with E-state index in [2.05, 4.69) is 206 Å². The van der Waals surface area contributed by atoms with Gasteiger partial charge in [-0.25, -0.2) is 0 Å². The van der Waals surface area contributed by atoms with Crippen molar-refractivity contribution < 1.29 is 0 Å². The van der Waals surface area contributed by atoms with Crippen molar-refractivity contribution >= 4 is 68.9 Å². The molecular weight excluding hydrogens is 633 g/mol. The molecule has 0 fully saturated rings. The van der Waals surface area contributed by atoms with Gasteiger partial charge in [-0.1, -0.05) is 103 Å². The van der Waals surface area contributed by atoms with Crippen molar-refractivity contribution in [2.45, 2.75) is 26.6 Å². The van der Waals surface area contributed by atoms with E-state index in [0.717, 1.165) is 28.4 Å². The molecule has 0 bridgehead atoms. The topological polar surface area (TPSA) is 6.48 Å². The molecule has 8 aromatic carbocycles. The van der Waals surface area contributed by atoms with Crippen LogP contribution in [0.25, 0.3) is 43.8 Å². The summed E-state index contributed by atoms with van der Waals surface area (Å²) in [6.45, 7) is 9.35. The maximum atomic E-state index is 2.40. The number of hydrogen-bond acceptors (Lipinski definition) is 2. The minimum absolute atomic E-state index is 1.15. The van der Waals surface area contributed by atoms with E-state index < -0.39 is 8.07 Å². The number of para-hydroxylation sites is 2. The molecule has 0 aromatic heterocycles. The highest BCUT2D eigenvalue weighted by Crippen LogP contribution is 2.51. The molecule has 9 rings (SSSR count). The number of anilines is 6. The fraction of sp³-hybridized carbons (Fsp3) is 0.0833. The van der Waals surface area contributed by atoms with Crippen molar-refractivity contribution in [3.8, 4) is 22.3 Å². The average molecular weight is 673 g/mol.